The molecular formula is C12H15N5O3. The van der Waals surface area contributed by atoms with Crippen molar-refractivity contribution in [2.75, 3.05) is 12.4 Å². The fourth-order valence-electron chi connectivity index (χ4n) is 1.79. The van der Waals surface area contributed by atoms with E-state index in [0.29, 0.717) is 12.4 Å². The van der Waals surface area contributed by atoms with Gasteiger partial charge in [0.2, 0.25) is 11.7 Å². The maximum absolute atomic E-state index is 11.0. The molecule has 2 aromatic rings. The Hall–Kier alpha value is -2.64. The van der Waals surface area contributed by atoms with E-state index >= 15 is 0 Å². The summed E-state index contributed by atoms with van der Waals surface area (Å²) in [4.78, 5) is 18.5. The summed E-state index contributed by atoms with van der Waals surface area (Å²) in [7, 11) is 1.47. The average molecular weight is 277 g/mol. The van der Waals surface area contributed by atoms with Gasteiger partial charge in [-0.05, 0) is 6.92 Å². The zero-order valence-corrected chi connectivity index (χ0v) is 11.2. The van der Waals surface area contributed by atoms with E-state index in [2.05, 4.69) is 15.3 Å². The largest absolute Gasteiger partial charge is 0.481 e. The Morgan fingerprint density at radius 2 is 2.35 bits per heavy atom. The second-order valence-corrected chi connectivity index (χ2v) is 4.28. The summed E-state index contributed by atoms with van der Waals surface area (Å²) in [5.74, 6) is 0.523. The lowest BCUT2D eigenvalue weighted by Crippen LogP contribution is -2.22. The van der Waals surface area contributed by atoms with Crippen molar-refractivity contribution in [2.24, 2.45) is 0 Å². The van der Waals surface area contributed by atoms with E-state index in [-0.39, 0.29) is 17.5 Å². The van der Waals surface area contributed by atoms with Crippen LogP contribution in [0.5, 0.6) is 5.88 Å². The predicted molar refractivity (Wildman–Crippen MR) is 72.8 cm³/mol. The molecule has 2 heterocycles. The molecule has 0 saturated carbocycles. The first-order chi connectivity index (χ1) is 9.60. The molecule has 0 saturated heterocycles. The van der Waals surface area contributed by atoms with Gasteiger partial charge >= 0.3 is 5.69 Å². The highest BCUT2D eigenvalue weighted by Crippen LogP contribution is 2.25. The van der Waals surface area contributed by atoms with Gasteiger partial charge in [-0.15, -0.1) is 0 Å². The van der Waals surface area contributed by atoms with Crippen LogP contribution in [0.4, 0.5) is 11.5 Å². The number of ether oxygens (including phenoxy) is 1. The predicted octanol–water partition coefficient (Wildman–Crippen LogP) is 1.70. The van der Waals surface area contributed by atoms with Crippen LogP contribution in [0.25, 0.3) is 0 Å². The minimum absolute atomic E-state index is 0.0532. The molecule has 2 aromatic heterocycles. The van der Waals surface area contributed by atoms with Gasteiger partial charge in [0.05, 0.1) is 18.4 Å². The number of imidazole rings is 1. The number of hydrogen-bond donors (Lipinski definition) is 1. The van der Waals surface area contributed by atoms with Gasteiger partial charge in [-0.2, -0.15) is 4.98 Å². The van der Waals surface area contributed by atoms with Crippen molar-refractivity contribution >= 4 is 11.5 Å². The third-order valence-corrected chi connectivity index (χ3v) is 2.68. The Kier molecular flexibility index (Phi) is 4.14. The molecule has 106 valence electrons. The maximum atomic E-state index is 11.0. The summed E-state index contributed by atoms with van der Waals surface area (Å²) in [6.45, 7) is 2.53. The summed E-state index contributed by atoms with van der Waals surface area (Å²) in [5.41, 5.74) is -0.0803. The lowest BCUT2D eigenvalue weighted by molar-refractivity contribution is -0.384. The molecule has 0 aliphatic carbocycles. The third-order valence-electron chi connectivity index (χ3n) is 2.68. The number of aromatic nitrogens is 3. The van der Waals surface area contributed by atoms with Gasteiger partial charge in [0.1, 0.15) is 0 Å². The van der Waals surface area contributed by atoms with Gasteiger partial charge in [-0.3, -0.25) is 10.1 Å². The van der Waals surface area contributed by atoms with E-state index in [0.717, 1.165) is 0 Å². The number of pyridine rings is 1. The van der Waals surface area contributed by atoms with Crippen LogP contribution in [0.3, 0.4) is 0 Å². The summed E-state index contributed by atoms with van der Waals surface area (Å²) < 4.78 is 6.87. The number of hydrogen-bond acceptors (Lipinski definition) is 6. The van der Waals surface area contributed by atoms with Crippen molar-refractivity contribution in [3.05, 3.63) is 41.0 Å². The fourth-order valence-corrected chi connectivity index (χ4v) is 1.79. The van der Waals surface area contributed by atoms with Crippen LogP contribution in [0.2, 0.25) is 0 Å². The topological polar surface area (TPSA) is 95.1 Å². The van der Waals surface area contributed by atoms with Crippen molar-refractivity contribution in [2.45, 2.75) is 19.5 Å². The molecule has 0 radical (unpaired) electrons. The highest BCUT2D eigenvalue weighted by molar-refractivity contribution is 5.57. The van der Waals surface area contributed by atoms with E-state index in [4.69, 9.17) is 4.74 Å². The van der Waals surface area contributed by atoms with Crippen LogP contribution < -0.4 is 10.1 Å². The highest BCUT2D eigenvalue weighted by Gasteiger charge is 2.18. The molecule has 0 aliphatic rings. The highest BCUT2D eigenvalue weighted by atomic mass is 16.6. The third kappa shape index (κ3) is 3.22. The Bertz CT molecular complexity index is 585. The number of nitrogens with zero attached hydrogens (tertiary/aromatic N) is 4. The van der Waals surface area contributed by atoms with Gasteiger partial charge in [-0.25, -0.2) is 4.98 Å². The van der Waals surface area contributed by atoms with Crippen molar-refractivity contribution in [1.82, 2.24) is 14.5 Å². The molecule has 0 spiro atoms. The normalized spacial score (nSPS) is 11.9. The molecular weight excluding hydrogens is 262 g/mol. The molecule has 0 fully saturated rings. The first-order valence-corrected chi connectivity index (χ1v) is 6.02. The molecule has 1 atom stereocenters. The monoisotopic (exact) mass is 277 g/mol. The minimum Gasteiger partial charge on any atom is -0.481 e. The number of anilines is 1. The Balaban J connectivity index is 2.16. The molecule has 1 unspecified atom stereocenters. The van der Waals surface area contributed by atoms with Crippen LogP contribution in [0.1, 0.15) is 6.92 Å². The maximum Gasteiger partial charge on any atom is 0.311 e. The summed E-state index contributed by atoms with van der Waals surface area (Å²) >= 11 is 0. The second kappa shape index (κ2) is 6.00. The van der Waals surface area contributed by atoms with Gasteiger partial charge in [-0.1, -0.05) is 0 Å². The number of nitrogens with one attached hydrogen (secondary N) is 1. The number of nitro groups is 1. The Morgan fingerprint density at radius 1 is 1.55 bits per heavy atom. The van der Waals surface area contributed by atoms with Crippen LogP contribution in [0, 0.1) is 10.1 Å². The SMILES string of the molecule is COc1ccc([N+](=O)[O-])c(NC(C)Cn2ccnc2)n1. The number of rotatable bonds is 6. The molecule has 0 aromatic carbocycles. The van der Waals surface area contributed by atoms with Gasteiger partial charge in [0, 0.05) is 37.1 Å². The minimum atomic E-state index is -0.474. The molecule has 8 heteroatoms. The van der Waals surface area contributed by atoms with E-state index in [1.165, 1.54) is 19.2 Å². The zero-order valence-electron chi connectivity index (χ0n) is 11.2. The molecule has 20 heavy (non-hydrogen) atoms. The summed E-state index contributed by atoms with van der Waals surface area (Å²) in [6, 6.07) is 2.78. The molecule has 0 bridgehead atoms. The van der Waals surface area contributed by atoms with E-state index in [1.807, 2.05) is 17.7 Å². The van der Waals surface area contributed by atoms with Crippen molar-refractivity contribution in [3.63, 3.8) is 0 Å². The van der Waals surface area contributed by atoms with E-state index < -0.39 is 4.92 Å². The summed E-state index contributed by atoms with van der Waals surface area (Å²) in [6.07, 6.45) is 5.19. The second-order valence-electron chi connectivity index (χ2n) is 4.28. The zero-order chi connectivity index (χ0) is 14.5. The van der Waals surface area contributed by atoms with Gasteiger partial charge < -0.3 is 14.6 Å². The van der Waals surface area contributed by atoms with Crippen LogP contribution in [0.15, 0.2) is 30.9 Å². The number of methoxy groups -OCH3 is 1. The van der Waals surface area contributed by atoms with Gasteiger partial charge in [0.25, 0.3) is 0 Å². The Morgan fingerprint density at radius 3 is 2.95 bits per heavy atom. The summed E-state index contributed by atoms with van der Waals surface area (Å²) in [5, 5.41) is 14.0. The van der Waals surface area contributed by atoms with Crippen LogP contribution in [-0.2, 0) is 6.54 Å². The smallest absolute Gasteiger partial charge is 0.311 e. The average Bonchev–Trinajstić information content (AvgIpc) is 2.90. The molecule has 0 amide bonds. The van der Waals surface area contributed by atoms with Crippen LogP contribution >= 0.6 is 0 Å². The lowest BCUT2D eigenvalue weighted by Gasteiger charge is -2.15. The standard InChI is InChI=1S/C12H15N5O3/c1-9(7-16-6-5-13-8-16)14-12-10(17(18)19)3-4-11(15-12)20-2/h3-6,8-9H,7H2,1-2H3,(H,14,15). The first-order valence-electron chi connectivity index (χ1n) is 6.02. The molecule has 0 aliphatic heterocycles. The molecule has 1 N–H and O–H groups in total. The molecule has 2 rings (SSSR count). The van der Waals surface area contributed by atoms with E-state index in [9.17, 15) is 10.1 Å². The Labute approximate surface area is 115 Å². The van der Waals surface area contributed by atoms with Crippen LogP contribution in [-0.4, -0.2) is 32.6 Å². The quantitative estimate of drug-likeness (QED) is 0.637. The van der Waals surface area contributed by atoms with Crippen molar-refractivity contribution in [3.8, 4) is 5.88 Å². The first kappa shape index (κ1) is 13.8. The van der Waals surface area contributed by atoms with Gasteiger partial charge in [0.15, 0.2) is 0 Å². The van der Waals surface area contributed by atoms with E-state index in [1.54, 1.807) is 12.5 Å². The lowest BCUT2D eigenvalue weighted by atomic mass is 10.3. The molecule has 8 nitrogen and oxygen atoms in total. The van der Waals surface area contributed by atoms with Crippen molar-refractivity contribution in [1.29, 1.82) is 0 Å². The van der Waals surface area contributed by atoms with Crippen molar-refractivity contribution < 1.29 is 9.66 Å². The fraction of sp³-hybridized carbons (Fsp3) is 0.333.